The Kier molecular flexibility index (Phi) is 6.21. The van der Waals surface area contributed by atoms with Crippen LogP contribution in [0.2, 0.25) is 0 Å². The number of carbonyl (C=O) groups excluding carboxylic acids is 1. The fraction of sp³-hybridized carbons (Fsp3) is 0.588. The number of ether oxygens (including phenoxy) is 1. The Bertz CT molecular complexity index is 475. The molecule has 1 saturated heterocycles. The molecule has 5 nitrogen and oxygen atoms in total. The maximum atomic E-state index is 12.6. The van der Waals surface area contributed by atoms with E-state index in [4.69, 9.17) is 9.84 Å². The van der Waals surface area contributed by atoms with E-state index in [2.05, 4.69) is 0 Å². The largest absolute Gasteiger partial charge is 0.497 e. The molecule has 1 heterocycles. The number of aliphatic hydroxyl groups is 1. The number of likely N-dealkylation sites (N-methyl/N-ethyl adjacent to an activating group) is 1. The van der Waals surface area contributed by atoms with Crippen LogP contribution < -0.4 is 4.74 Å². The predicted octanol–water partition coefficient (Wildman–Crippen LogP) is 1.67. The highest BCUT2D eigenvalue weighted by Crippen LogP contribution is 2.32. The van der Waals surface area contributed by atoms with Crippen molar-refractivity contribution in [3.8, 4) is 5.75 Å². The summed E-state index contributed by atoms with van der Waals surface area (Å²) in [4.78, 5) is 16.5. The Labute approximate surface area is 132 Å². The van der Waals surface area contributed by atoms with Gasteiger partial charge in [-0.3, -0.25) is 9.69 Å². The van der Waals surface area contributed by atoms with Gasteiger partial charge >= 0.3 is 0 Å². The van der Waals surface area contributed by atoms with Gasteiger partial charge in [0.1, 0.15) is 5.75 Å². The monoisotopic (exact) mass is 306 g/mol. The van der Waals surface area contributed by atoms with Crippen molar-refractivity contribution >= 4 is 5.91 Å². The van der Waals surface area contributed by atoms with Crippen LogP contribution in [0.4, 0.5) is 0 Å². The average Bonchev–Trinajstić information content (AvgIpc) is 3.04. The summed E-state index contributed by atoms with van der Waals surface area (Å²) in [6, 6.07) is 8.13. The summed E-state index contributed by atoms with van der Waals surface area (Å²) < 4.78 is 5.19. The van der Waals surface area contributed by atoms with E-state index in [-0.39, 0.29) is 18.6 Å². The van der Waals surface area contributed by atoms with Crippen molar-refractivity contribution in [2.45, 2.75) is 25.8 Å². The number of benzene rings is 1. The van der Waals surface area contributed by atoms with Crippen LogP contribution in [0.15, 0.2) is 24.3 Å². The molecule has 2 rings (SSSR count). The lowest BCUT2D eigenvalue weighted by Gasteiger charge is -2.28. The number of hydrogen-bond acceptors (Lipinski definition) is 4. The van der Waals surface area contributed by atoms with E-state index in [1.807, 2.05) is 41.0 Å². The van der Waals surface area contributed by atoms with Gasteiger partial charge in [0.2, 0.25) is 5.91 Å². The summed E-state index contributed by atoms with van der Waals surface area (Å²) in [6.45, 7) is 4.60. The topological polar surface area (TPSA) is 53.0 Å². The van der Waals surface area contributed by atoms with E-state index < -0.39 is 0 Å². The molecule has 1 aromatic carbocycles. The van der Waals surface area contributed by atoms with Gasteiger partial charge in [-0.1, -0.05) is 19.1 Å². The molecule has 1 aromatic rings. The molecule has 1 aliphatic heterocycles. The van der Waals surface area contributed by atoms with Gasteiger partial charge in [-0.25, -0.2) is 0 Å². The van der Waals surface area contributed by atoms with Crippen LogP contribution in [0, 0.1) is 0 Å². The SMILES string of the molecule is CCN(CCO)CC(=O)N1CCCC1c1ccc(OC)cc1. The highest BCUT2D eigenvalue weighted by molar-refractivity contribution is 5.79. The van der Waals surface area contributed by atoms with Crippen molar-refractivity contribution in [3.05, 3.63) is 29.8 Å². The van der Waals surface area contributed by atoms with Crippen LogP contribution in [0.1, 0.15) is 31.4 Å². The number of rotatable bonds is 7. The van der Waals surface area contributed by atoms with Gasteiger partial charge in [0.05, 0.1) is 26.3 Å². The van der Waals surface area contributed by atoms with Crippen LogP contribution in [0.3, 0.4) is 0 Å². The van der Waals surface area contributed by atoms with E-state index >= 15 is 0 Å². The lowest BCUT2D eigenvalue weighted by Crippen LogP contribution is -2.41. The van der Waals surface area contributed by atoms with Crippen LogP contribution in [0.25, 0.3) is 0 Å². The van der Waals surface area contributed by atoms with Crippen molar-refractivity contribution in [3.63, 3.8) is 0 Å². The highest BCUT2D eigenvalue weighted by atomic mass is 16.5. The van der Waals surface area contributed by atoms with Crippen LogP contribution >= 0.6 is 0 Å². The third-order valence-electron chi connectivity index (χ3n) is 4.30. The standard InChI is InChI=1S/C17H26N2O3/c1-3-18(11-12-20)13-17(21)19-10-4-5-16(19)14-6-8-15(22-2)9-7-14/h6-9,16,20H,3-5,10-13H2,1-2H3. The number of methoxy groups -OCH3 is 1. The summed E-state index contributed by atoms with van der Waals surface area (Å²) in [5.41, 5.74) is 1.16. The van der Waals surface area contributed by atoms with E-state index in [0.717, 1.165) is 37.2 Å². The Balaban J connectivity index is 2.04. The Morgan fingerprint density at radius 2 is 2.14 bits per heavy atom. The van der Waals surface area contributed by atoms with Gasteiger partial charge in [0.15, 0.2) is 0 Å². The minimum absolute atomic E-state index is 0.0863. The number of likely N-dealkylation sites (tertiary alicyclic amines) is 1. The summed E-state index contributed by atoms with van der Waals surface area (Å²) in [5.74, 6) is 0.980. The summed E-state index contributed by atoms with van der Waals surface area (Å²) >= 11 is 0. The zero-order valence-electron chi connectivity index (χ0n) is 13.5. The molecular formula is C17H26N2O3. The molecule has 1 aliphatic rings. The lowest BCUT2D eigenvalue weighted by atomic mass is 10.0. The second-order valence-electron chi connectivity index (χ2n) is 5.61. The summed E-state index contributed by atoms with van der Waals surface area (Å²) in [6.07, 6.45) is 2.04. The van der Waals surface area contributed by atoms with Gasteiger partial charge in [-0.15, -0.1) is 0 Å². The van der Waals surface area contributed by atoms with Gasteiger partial charge < -0.3 is 14.7 Å². The summed E-state index contributed by atoms with van der Waals surface area (Å²) in [7, 11) is 1.65. The van der Waals surface area contributed by atoms with Crippen molar-refractivity contribution in [1.29, 1.82) is 0 Å². The van der Waals surface area contributed by atoms with Gasteiger partial charge in [-0.05, 0) is 37.1 Å². The average molecular weight is 306 g/mol. The quantitative estimate of drug-likeness (QED) is 0.832. The maximum Gasteiger partial charge on any atom is 0.237 e. The first-order valence-electron chi connectivity index (χ1n) is 7.96. The van der Waals surface area contributed by atoms with Crippen molar-refractivity contribution in [2.75, 3.05) is 39.9 Å². The fourth-order valence-electron chi connectivity index (χ4n) is 3.01. The van der Waals surface area contributed by atoms with Gasteiger partial charge in [0.25, 0.3) is 0 Å². The minimum Gasteiger partial charge on any atom is -0.497 e. The van der Waals surface area contributed by atoms with Crippen LogP contribution in [0.5, 0.6) is 5.75 Å². The van der Waals surface area contributed by atoms with Crippen molar-refractivity contribution in [1.82, 2.24) is 9.80 Å². The summed E-state index contributed by atoms with van der Waals surface area (Å²) in [5, 5.41) is 9.05. The van der Waals surface area contributed by atoms with Gasteiger partial charge in [0, 0.05) is 13.1 Å². The van der Waals surface area contributed by atoms with Crippen LogP contribution in [-0.4, -0.2) is 60.7 Å². The molecule has 0 spiro atoms. The lowest BCUT2D eigenvalue weighted by molar-refractivity contribution is -0.133. The van der Waals surface area contributed by atoms with Gasteiger partial charge in [-0.2, -0.15) is 0 Å². The Morgan fingerprint density at radius 3 is 2.73 bits per heavy atom. The molecule has 0 saturated carbocycles. The molecular weight excluding hydrogens is 280 g/mol. The molecule has 0 aromatic heterocycles. The molecule has 1 amide bonds. The molecule has 1 N–H and O–H groups in total. The molecule has 5 heteroatoms. The normalized spacial score (nSPS) is 18.0. The Morgan fingerprint density at radius 1 is 1.41 bits per heavy atom. The molecule has 1 unspecified atom stereocenters. The molecule has 22 heavy (non-hydrogen) atoms. The Hall–Kier alpha value is -1.59. The smallest absolute Gasteiger partial charge is 0.237 e. The third kappa shape index (κ3) is 3.99. The number of aliphatic hydroxyl groups excluding tert-OH is 1. The predicted molar refractivity (Wildman–Crippen MR) is 85.9 cm³/mol. The molecule has 122 valence electrons. The first kappa shape index (κ1) is 16.8. The number of hydrogen-bond donors (Lipinski definition) is 1. The second kappa shape index (κ2) is 8.15. The van der Waals surface area contributed by atoms with Crippen molar-refractivity contribution in [2.24, 2.45) is 0 Å². The van der Waals surface area contributed by atoms with E-state index in [1.165, 1.54) is 0 Å². The van der Waals surface area contributed by atoms with Crippen molar-refractivity contribution < 1.29 is 14.6 Å². The molecule has 1 atom stereocenters. The first-order valence-corrected chi connectivity index (χ1v) is 7.96. The molecule has 0 radical (unpaired) electrons. The number of nitrogens with zero attached hydrogens (tertiary/aromatic N) is 2. The first-order chi connectivity index (χ1) is 10.7. The second-order valence-corrected chi connectivity index (χ2v) is 5.61. The van der Waals surface area contributed by atoms with E-state index in [9.17, 15) is 4.79 Å². The highest BCUT2D eigenvalue weighted by Gasteiger charge is 2.30. The molecule has 0 aliphatic carbocycles. The number of carbonyl (C=O) groups is 1. The van der Waals surface area contributed by atoms with E-state index in [0.29, 0.717) is 13.1 Å². The minimum atomic E-state index is 0.0863. The zero-order valence-corrected chi connectivity index (χ0v) is 13.5. The number of amides is 1. The fourth-order valence-corrected chi connectivity index (χ4v) is 3.01. The van der Waals surface area contributed by atoms with Crippen LogP contribution in [-0.2, 0) is 4.79 Å². The molecule has 0 bridgehead atoms. The maximum absolute atomic E-state index is 12.6. The third-order valence-corrected chi connectivity index (χ3v) is 4.30. The van der Waals surface area contributed by atoms with E-state index in [1.54, 1.807) is 7.11 Å². The zero-order chi connectivity index (χ0) is 15.9. The molecule has 1 fully saturated rings.